The summed E-state index contributed by atoms with van der Waals surface area (Å²) in [4.78, 5) is 37.7. The largest absolute Gasteiger partial charge is 0.272 e. The van der Waals surface area contributed by atoms with Gasteiger partial charge < -0.3 is 0 Å². The number of imide groups is 1. The summed E-state index contributed by atoms with van der Waals surface area (Å²) in [5.41, 5.74) is 2.95. The van der Waals surface area contributed by atoms with Crippen LogP contribution in [0.5, 0.6) is 0 Å². The summed E-state index contributed by atoms with van der Waals surface area (Å²) in [5, 5.41) is 0.975. The van der Waals surface area contributed by atoms with Gasteiger partial charge in [-0.15, -0.1) is 0 Å². The second-order valence-electron chi connectivity index (χ2n) is 6.97. The lowest BCUT2D eigenvalue weighted by atomic mass is 9.63. The summed E-state index contributed by atoms with van der Waals surface area (Å²) >= 11 is 0. The van der Waals surface area contributed by atoms with Gasteiger partial charge in [0.2, 0.25) is 0 Å². The predicted octanol–water partition coefficient (Wildman–Crippen LogP) is 1.38. The zero-order valence-corrected chi connectivity index (χ0v) is 12.4. The van der Waals surface area contributed by atoms with Gasteiger partial charge in [-0.3, -0.25) is 19.8 Å². The van der Waals surface area contributed by atoms with E-state index in [1.807, 2.05) is 6.07 Å². The third-order valence-electron chi connectivity index (χ3n) is 5.91. The number of allylic oxidation sites excluding steroid dienone is 2. The lowest BCUT2D eigenvalue weighted by Crippen LogP contribution is -2.46. The van der Waals surface area contributed by atoms with Gasteiger partial charge in [0.1, 0.15) is 0 Å². The van der Waals surface area contributed by atoms with Crippen LogP contribution in [0, 0.1) is 35.5 Å². The molecule has 3 fully saturated rings. The maximum atomic E-state index is 12.7. The molecule has 116 valence electrons. The zero-order chi connectivity index (χ0) is 15.7. The Morgan fingerprint density at radius 2 is 1.52 bits per heavy atom. The van der Waals surface area contributed by atoms with Crippen LogP contribution in [0.15, 0.2) is 42.5 Å². The third-order valence-corrected chi connectivity index (χ3v) is 5.91. The van der Waals surface area contributed by atoms with E-state index in [0.717, 1.165) is 11.4 Å². The highest BCUT2D eigenvalue weighted by molar-refractivity contribution is 6.08. The van der Waals surface area contributed by atoms with Crippen molar-refractivity contribution in [2.45, 2.75) is 6.42 Å². The number of rotatable bonds is 2. The van der Waals surface area contributed by atoms with E-state index in [1.165, 1.54) is 0 Å². The molecule has 2 saturated carbocycles. The zero-order valence-electron chi connectivity index (χ0n) is 12.4. The van der Waals surface area contributed by atoms with Gasteiger partial charge in [0.25, 0.3) is 17.7 Å². The molecule has 1 aromatic carbocycles. The molecular weight excluding hydrogens is 292 g/mol. The van der Waals surface area contributed by atoms with Gasteiger partial charge in [0.05, 0.1) is 11.8 Å². The number of hydrogen-bond acceptors (Lipinski definition) is 3. The molecule has 0 aromatic heterocycles. The molecule has 4 aliphatic carbocycles. The normalized spacial score (nSPS) is 39.2. The first kappa shape index (κ1) is 13.0. The van der Waals surface area contributed by atoms with Gasteiger partial charge in [-0.1, -0.05) is 30.4 Å². The average Bonchev–Trinajstić information content (AvgIpc) is 3.37. The Balaban J connectivity index is 1.42. The topological polar surface area (TPSA) is 66.5 Å². The molecule has 1 aromatic rings. The van der Waals surface area contributed by atoms with Crippen molar-refractivity contribution in [3.05, 3.63) is 48.0 Å². The smallest absolute Gasteiger partial charge is 0.270 e. The van der Waals surface area contributed by atoms with Crippen LogP contribution in [0.3, 0.4) is 0 Å². The van der Waals surface area contributed by atoms with E-state index >= 15 is 0 Å². The highest BCUT2D eigenvalue weighted by atomic mass is 16.2. The van der Waals surface area contributed by atoms with Gasteiger partial charge in [-0.05, 0) is 42.2 Å². The number of carbonyl (C=O) groups is 3. The van der Waals surface area contributed by atoms with Crippen molar-refractivity contribution in [2.24, 2.45) is 35.5 Å². The van der Waals surface area contributed by atoms with Crippen molar-refractivity contribution in [3.63, 3.8) is 0 Å². The average molecular weight is 308 g/mol. The Morgan fingerprint density at radius 1 is 0.957 bits per heavy atom. The molecule has 1 saturated heterocycles. The minimum absolute atomic E-state index is 0.171. The number of hydrazine groups is 1. The van der Waals surface area contributed by atoms with E-state index in [0.29, 0.717) is 17.4 Å². The maximum absolute atomic E-state index is 12.7. The Morgan fingerprint density at radius 3 is 2.09 bits per heavy atom. The van der Waals surface area contributed by atoms with Crippen LogP contribution in [0.25, 0.3) is 0 Å². The fourth-order valence-electron chi connectivity index (χ4n) is 4.82. The van der Waals surface area contributed by atoms with E-state index in [2.05, 4.69) is 17.6 Å². The molecule has 0 spiro atoms. The first-order valence-corrected chi connectivity index (χ1v) is 8.09. The molecule has 6 atom stereocenters. The lowest BCUT2D eigenvalue weighted by molar-refractivity contribution is -0.143. The van der Waals surface area contributed by atoms with E-state index in [-0.39, 0.29) is 35.5 Å². The second-order valence-corrected chi connectivity index (χ2v) is 6.97. The number of nitrogens with zero attached hydrogens (tertiary/aromatic N) is 1. The molecule has 1 aliphatic heterocycles. The Bertz CT molecular complexity index is 721. The monoisotopic (exact) mass is 308 g/mol. The fraction of sp³-hybridized carbons (Fsp3) is 0.389. The SMILES string of the molecule is O=C(NN1C(=O)[C@@H]2[C@H]3C=C[C@@H]([C@@H]4C[C@@H]34)[C@@H]2C1=O)c1ccccc1. The molecule has 0 unspecified atom stereocenters. The maximum Gasteiger partial charge on any atom is 0.270 e. The third kappa shape index (κ3) is 1.65. The Labute approximate surface area is 133 Å². The molecule has 5 nitrogen and oxygen atoms in total. The van der Waals surface area contributed by atoms with E-state index in [9.17, 15) is 14.4 Å². The number of benzene rings is 1. The van der Waals surface area contributed by atoms with Crippen molar-refractivity contribution >= 4 is 17.7 Å². The van der Waals surface area contributed by atoms with Crippen LogP contribution in [-0.2, 0) is 9.59 Å². The Hall–Kier alpha value is -2.43. The van der Waals surface area contributed by atoms with Crippen LogP contribution in [0.2, 0.25) is 0 Å². The first-order valence-electron chi connectivity index (χ1n) is 8.09. The number of nitrogens with one attached hydrogen (secondary N) is 1. The highest BCUT2D eigenvalue weighted by Crippen LogP contribution is 2.65. The minimum Gasteiger partial charge on any atom is -0.272 e. The van der Waals surface area contributed by atoms with Crippen LogP contribution < -0.4 is 5.43 Å². The highest BCUT2D eigenvalue weighted by Gasteiger charge is 2.67. The summed E-state index contributed by atoms with van der Waals surface area (Å²) in [5.74, 6) is 0.00438. The second kappa shape index (κ2) is 4.31. The van der Waals surface area contributed by atoms with E-state index in [4.69, 9.17) is 0 Å². The molecule has 23 heavy (non-hydrogen) atoms. The van der Waals surface area contributed by atoms with Gasteiger partial charge >= 0.3 is 0 Å². The summed E-state index contributed by atoms with van der Waals surface area (Å²) in [7, 11) is 0. The molecule has 3 amide bonds. The van der Waals surface area contributed by atoms with Gasteiger partial charge in [-0.25, -0.2) is 0 Å². The van der Waals surface area contributed by atoms with Crippen LogP contribution in [0.1, 0.15) is 16.8 Å². The molecule has 6 rings (SSSR count). The number of carbonyl (C=O) groups excluding carboxylic acids is 3. The van der Waals surface area contributed by atoms with Gasteiger partial charge in [0.15, 0.2) is 0 Å². The van der Waals surface area contributed by atoms with E-state index in [1.54, 1.807) is 24.3 Å². The molecule has 5 aliphatic rings. The van der Waals surface area contributed by atoms with Crippen LogP contribution in [-0.4, -0.2) is 22.7 Å². The quantitative estimate of drug-likeness (QED) is 0.663. The predicted molar refractivity (Wildman–Crippen MR) is 80.5 cm³/mol. The number of hydrogen-bond donors (Lipinski definition) is 1. The molecule has 1 heterocycles. The summed E-state index contributed by atoms with van der Waals surface area (Å²) in [6, 6.07) is 8.63. The molecule has 2 bridgehead atoms. The molecule has 1 N–H and O–H groups in total. The molecular formula is C18H16N2O3. The summed E-state index contributed by atoms with van der Waals surface area (Å²) in [6.07, 6.45) is 5.37. The van der Waals surface area contributed by atoms with Crippen molar-refractivity contribution in [2.75, 3.05) is 0 Å². The fourth-order valence-corrected chi connectivity index (χ4v) is 4.82. The van der Waals surface area contributed by atoms with Crippen molar-refractivity contribution in [1.29, 1.82) is 0 Å². The lowest BCUT2D eigenvalue weighted by Gasteiger charge is -2.37. The van der Waals surface area contributed by atoms with Crippen molar-refractivity contribution in [1.82, 2.24) is 10.4 Å². The molecule has 0 radical (unpaired) electrons. The van der Waals surface area contributed by atoms with Gasteiger partial charge in [0, 0.05) is 5.56 Å². The van der Waals surface area contributed by atoms with Crippen LogP contribution in [0.4, 0.5) is 0 Å². The summed E-state index contributed by atoms with van der Waals surface area (Å²) in [6.45, 7) is 0. The standard InChI is InChI=1S/C18H16N2O3/c21-16(9-4-2-1-3-5-9)19-20-17(22)14-10-6-7-11(13-8-12(10)13)15(14)18(20)23/h1-7,10-15H,8H2,(H,19,21)/t10-,11-,12-,13-,14-,15+/m0/s1. The molecule has 5 heteroatoms. The van der Waals surface area contributed by atoms with E-state index < -0.39 is 5.91 Å². The van der Waals surface area contributed by atoms with Crippen molar-refractivity contribution in [3.8, 4) is 0 Å². The number of amides is 3. The first-order chi connectivity index (χ1) is 11.2. The van der Waals surface area contributed by atoms with Gasteiger partial charge in [-0.2, -0.15) is 5.01 Å². The summed E-state index contributed by atoms with van der Waals surface area (Å²) < 4.78 is 0. The Kier molecular flexibility index (Phi) is 2.45. The van der Waals surface area contributed by atoms with Crippen molar-refractivity contribution < 1.29 is 14.4 Å². The minimum atomic E-state index is -0.420. The van der Waals surface area contributed by atoms with Crippen LogP contribution >= 0.6 is 0 Å².